The standard InChI is InChI=1S/C19H29N3O3/c1-15-12-22(13-16(2)25-15)19(23)14-20-8-10-21(11-9-20)17-6-4-5-7-18(17)24-3/h4-7,15-16H,8-14H2,1-3H3/p+1/t15-,16+. The summed E-state index contributed by atoms with van der Waals surface area (Å²) in [7, 11) is 1.71. The number of quaternary nitrogens is 1. The van der Waals surface area contributed by atoms with E-state index in [1.807, 2.05) is 36.9 Å². The number of nitrogens with one attached hydrogen (secondary N) is 1. The summed E-state index contributed by atoms with van der Waals surface area (Å²) < 4.78 is 11.2. The van der Waals surface area contributed by atoms with E-state index in [-0.39, 0.29) is 18.1 Å². The Kier molecular flexibility index (Phi) is 5.81. The van der Waals surface area contributed by atoms with Gasteiger partial charge in [0, 0.05) is 13.1 Å². The monoisotopic (exact) mass is 348 g/mol. The summed E-state index contributed by atoms with van der Waals surface area (Å²) in [5.41, 5.74) is 1.14. The van der Waals surface area contributed by atoms with Gasteiger partial charge in [-0.05, 0) is 26.0 Å². The molecule has 0 spiro atoms. The maximum atomic E-state index is 12.6. The number of amides is 1. The SMILES string of the molecule is COc1ccccc1N1CC[NH+](CC(=O)N2C[C@@H](C)O[C@@H](C)C2)CC1. The topological polar surface area (TPSA) is 46.5 Å². The van der Waals surface area contributed by atoms with E-state index >= 15 is 0 Å². The predicted octanol–water partition coefficient (Wildman–Crippen LogP) is 0.0359. The molecular weight excluding hydrogens is 318 g/mol. The Bertz CT molecular complexity index is 577. The average Bonchev–Trinajstić information content (AvgIpc) is 2.61. The van der Waals surface area contributed by atoms with Crippen molar-refractivity contribution in [3.05, 3.63) is 24.3 Å². The first-order chi connectivity index (χ1) is 12.1. The number of benzene rings is 1. The number of anilines is 1. The molecule has 0 bridgehead atoms. The lowest BCUT2D eigenvalue weighted by Crippen LogP contribution is -3.16. The number of morpholine rings is 1. The van der Waals surface area contributed by atoms with E-state index in [0.717, 1.165) is 37.6 Å². The second-order valence-corrected chi connectivity index (χ2v) is 7.14. The fourth-order valence-corrected chi connectivity index (χ4v) is 3.84. The van der Waals surface area contributed by atoms with Gasteiger partial charge in [0.05, 0.1) is 51.2 Å². The lowest BCUT2D eigenvalue weighted by atomic mass is 10.2. The highest BCUT2D eigenvalue weighted by molar-refractivity contribution is 5.77. The molecule has 0 aliphatic carbocycles. The van der Waals surface area contributed by atoms with Crippen molar-refractivity contribution in [3.8, 4) is 5.75 Å². The van der Waals surface area contributed by atoms with Crippen LogP contribution in [-0.4, -0.2) is 75.9 Å². The van der Waals surface area contributed by atoms with Gasteiger partial charge in [0.1, 0.15) is 5.75 Å². The Balaban J connectivity index is 1.51. The minimum Gasteiger partial charge on any atom is -0.495 e. The van der Waals surface area contributed by atoms with E-state index in [9.17, 15) is 4.79 Å². The fourth-order valence-electron chi connectivity index (χ4n) is 3.84. The van der Waals surface area contributed by atoms with Crippen LogP contribution in [0.2, 0.25) is 0 Å². The number of nitrogens with zero attached hydrogens (tertiary/aromatic N) is 2. The van der Waals surface area contributed by atoms with Gasteiger partial charge in [-0.1, -0.05) is 12.1 Å². The molecule has 2 saturated heterocycles. The molecule has 0 unspecified atom stereocenters. The van der Waals surface area contributed by atoms with E-state index < -0.39 is 0 Å². The molecular formula is C19H30N3O3+. The Labute approximate surface area is 150 Å². The Morgan fingerprint density at radius 3 is 2.48 bits per heavy atom. The van der Waals surface area contributed by atoms with E-state index in [0.29, 0.717) is 19.6 Å². The molecule has 2 atom stereocenters. The lowest BCUT2D eigenvalue weighted by molar-refractivity contribution is -0.892. The number of methoxy groups -OCH3 is 1. The van der Waals surface area contributed by atoms with Crippen LogP contribution in [0, 0.1) is 0 Å². The van der Waals surface area contributed by atoms with Crippen LogP contribution >= 0.6 is 0 Å². The first kappa shape index (κ1) is 18.0. The summed E-state index contributed by atoms with van der Waals surface area (Å²) in [6, 6.07) is 8.14. The van der Waals surface area contributed by atoms with Crippen molar-refractivity contribution in [3.63, 3.8) is 0 Å². The summed E-state index contributed by atoms with van der Waals surface area (Å²) in [5.74, 6) is 1.17. The summed E-state index contributed by atoms with van der Waals surface area (Å²) in [5, 5.41) is 0. The van der Waals surface area contributed by atoms with Crippen LogP contribution in [0.4, 0.5) is 5.69 Å². The summed E-state index contributed by atoms with van der Waals surface area (Å²) in [6.45, 7) is 9.91. The van der Waals surface area contributed by atoms with Crippen molar-refractivity contribution in [1.29, 1.82) is 0 Å². The highest BCUT2D eigenvalue weighted by atomic mass is 16.5. The zero-order valence-corrected chi connectivity index (χ0v) is 15.5. The van der Waals surface area contributed by atoms with Gasteiger partial charge in [0.15, 0.2) is 6.54 Å². The van der Waals surface area contributed by atoms with Gasteiger partial charge in [-0.3, -0.25) is 4.79 Å². The van der Waals surface area contributed by atoms with Crippen LogP contribution in [0.3, 0.4) is 0 Å². The minimum atomic E-state index is 0.130. The number of hydrogen-bond donors (Lipinski definition) is 1. The van der Waals surface area contributed by atoms with Crippen LogP contribution in [0.5, 0.6) is 5.75 Å². The molecule has 6 nitrogen and oxygen atoms in total. The molecule has 0 radical (unpaired) electrons. The molecule has 0 aromatic heterocycles. The maximum Gasteiger partial charge on any atom is 0.277 e. The van der Waals surface area contributed by atoms with Gasteiger partial charge in [-0.2, -0.15) is 0 Å². The third-order valence-corrected chi connectivity index (χ3v) is 5.07. The fraction of sp³-hybridized carbons (Fsp3) is 0.632. The van der Waals surface area contributed by atoms with Gasteiger partial charge in [-0.25, -0.2) is 0 Å². The number of carbonyl (C=O) groups is 1. The Morgan fingerprint density at radius 1 is 1.20 bits per heavy atom. The van der Waals surface area contributed by atoms with E-state index in [1.54, 1.807) is 7.11 Å². The van der Waals surface area contributed by atoms with Crippen LogP contribution in [0.25, 0.3) is 0 Å². The van der Waals surface area contributed by atoms with Gasteiger partial charge in [0.25, 0.3) is 5.91 Å². The molecule has 3 rings (SSSR count). The quantitative estimate of drug-likeness (QED) is 0.834. The van der Waals surface area contributed by atoms with Gasteiger partial charge in [-0.15, -0.1) is 0 Å². The zero-order valence-electron chi connectivity index (χ0n) is 15.5. The molecule has 25 heavy (non-hydrogen) atoms. The van der Waals surface area contributed by atoms with Crippen LogP contribution in [0.15, 0.2) is 24.3 Å². The van der Waals surface area contributed by atoms with Crippen molar-refractivity contribution in [2.24, 2.45) is 0 Å². The molecule has 6 heteroatoms. The lowest BCUT2D eigenvalue weighted by Gasteiger charge is -2.37. The molecule has 2 aliphatic rings. The molecule has 1 aromatic carbocycles. The van der Waals surface area contributed by atoms with Crippen LogP contribution < -0.4 is 14.5 Å². The summed E-state index contributed by atoms with van der Waals surface area (Å²) in [6.07, 6.45) is 0.259. The van der Waals surface area contributed by atoms with E-state index in [1.165, 1.54) is 4.90 Å². The van der Waals surface area contributed by atoms with Crippen molar-refractivity contribution < 1.29 is 19.2 Å². The second-order valence-electron chi connectivity index (χ2n) is 7.14. The smallest absolute Gasteiger partial charge is 0.277 e. The van der Waals surface area contributed by atoms with Crippen molar-refractivity contribution in [1.82, 2.24) is 4.90 Å². The first-order valence-electron chi connectivity index (χ1n) is 9.21. The molecule has 2 aliphatic heterocycles. The third kappa shape index (κ3) is 4.44. The predicted molar refractivity (Wildman–Crippen MR) is 97.4 cm³/mol. The zero-order chi connectivity index (χ0) is 17.8. The third-order valence-electron chi connectivity index (χ3n) is 5.07. The van der Waals surface area contributed by atoms with Crippen molar-refractivity contribution in [2.45, 2.75) is 26.1 Å². The van der Waals surface area contributed by atoms with Gasteiger partial charge >= 0.3 is 0 Å². The Hall–Kier alpha value is -1.79. The minimum absolute atomic E-state index is 0.130. The summed E-state index contributed by atoms with van der Waals surface area (Å²) >= 11 is 0. The first-order valence-corrected chi connectivity index (χ1v) is 9.21. The van der Waals surface area contributed by atoms with Crippen LogP contribution in [0.1, 0.15) is 13.8 Å². The van der Waals surface area contributed by atoms with Gasteiger partial charge in [0.2, 0.25) is 0 Å². The molecule has 2 heterocycles. The molecule has 1 aromatic rings. The normalized spacial score (nSPS) is 25.1. The number of piperazine rings is 1. The van der Waals surface area contributed by atoms with Gasteiger partial charge < -0.3 is 24.2 Å². The molecule has 138 valence electrons. The summed E-state index contributed by atoms with van der Waals surface area (Å²) in [4.78, 5) is 18.3. The van der Waals surface area contributed by atoms with Crippen LogP contribution in [-0.2, 0) is 9.53 Å². The molecule has 0 saturated carbocycles. The number of carbonyl (C=O) groups excluding carboxylic acids is 1. The highest BCUT2D eigenvalue weighted by Gasteiger charge is 2.30. The number of rotatable bonds is 4. The molecule has 2 fully saturated rings. The number of hydrogen-bond acceptors (Lipinski definition) is 4. The number of para-hydroxylation sites is 2. The van der Waals surface area contributed by atoms with E-state index in [4.69, 9.17) is 9.47 Å². The highest BCUT2D eigenvalue weighted by Crippen LogP contribution is 2.27. The number of ether oxygens (including phenoxy) is 2. The van der Waals surface area contributed by atoms with Crippen molar-refractivity contribution in [2.75, 3.05) is 57.8 Å². The Morgan fingerprint density at radius 2 is 1.84 bits per heavy atom. The largest absolute Gasteiger partial charge is 0.495 e. The molecule has 1 N–H and O–H groups in total. The van der Waals surface area contributed by atoms with Crippen molar-refractivity contribution >= 4 is 11.6 Å². The average molecular weight is 348 g/mol. The second kappa shape index (κ2) is 8.06. The molecule has 1 amide bonds. The maximum absolute atomic E-state index is 12.6. The van der Waals surface area contributed by atoms with E-state index in [2.05, 4.69) is 11.0 Å².